The van der Waals surface area contributed by atoms with Crippen molar-refractivity contribution in [3.63, 3.8) is 0 Å². The fraction of sp³-hybridized carbons (Fsp3) is 0.269. The maximum Gasteiger partial charge on any atom is 0.264 e. The van der Waals surface area contributed by atoms with Crippen LogP contribution in [0.1, 0.15) is 28.8 Å². The fourth-order valence-electron chi connectivity index (χ4n) is 3.73. The number of nitrogens with one attached hydrogen (secondary N) is 1. The number of para-hydroxylation sites is 1. The molecular weight excluding hydrogens is 434 g/mol. The van der Waals surface area contributed by atoms with Crippen LogP contribution in [0, 0.1) is 0 Å². The quantitative estimate of drug-likeness (QED) is 0.495. The van der Waals surface area contributed by atoms with Gasteiger partial charge in [0.05, 0.1) is 17.1 Å². The predicted octanol–water partition coefficient (Wildman–Crippen LogP) is 3.91. The second-order valence-corrected chi connectivity index (χ2v) is 10.2. The Kier molecular flexibility index (Phi) is 7.11. The minimum absolute atomic E-state index is 0.0880. The van der Waals surface area contributed by atoms with Crippen molar-refractivity contribution in [1.82, 2.24) is 10.2 Å². The van der Waals surface area contributed by atoms with Gasteiger partial charge in [-0.2, -0.15) is 0 Å². The maximum absolute atomic E-state index is 13.7. The zero-order valence-corrected chi connectivity index (χ0v) is 19.5. The Labute approximate surface area is 195 Å². The number of sulfonamides is 1. The van der Waals surface area contributed by atoms with E-state index >= 15 is 0 Å². The summed E-state index contributed by atoms with van der Waals surface area (Å²) in [5.41, 5.74) is 1.77. The lowest BCUT2D eigenvalue weighted by atomic mass is 10.2. The van der Waals surface area contributed by atoms with E-state index in [-0.39, 0.29) is 17.3 Å². The molecule has 4 rings (SSSR count). The number of likely N-dealkylation sites (N-methyl/N-ethyl adjacent to an activating group) is 1. The topological polar surface area (TPSA) is 69.7 Å². The first-order valence-electron chi connectivity index (χ1n) is 11.2. The van der Waals surface area contributed by atoms with Crippen molar-refractivity contribution in [2.45, 2.75) is 30.3 Å². The molecule has 0 spiro atoms. The number of rotatable bonds is 10. The lowest BCUT2D eigenvalue weighted by Crippen LogP contribution is -2.34. The molecule has 1 aliphatic carbocycles. The molecule has 7 heteroatoms. The second kappa shape index (κ2) is 10.2. The fourth-order valence-corrected chi connectivity index (χ4v) is 5.23. The highest BCUT2D eigenvalue weighted by Crippen LogP contribution is 2.27. The number of nitrogens with zero attached hydrogens (tertiary/aromatic N) is 2. The molecule has 1 fully saturated rings. The van der Waals surface area contributed by atoms with Crippen LogP contribution in [-0.2, 0) is 16.6 Å². The van der Waals surface area contributed by atoms with E-state index in [4.69, 9.17) is 0 Å². The van der Waals surface area contributed by atoms with Gasteiger partial charge in [0.1, 0.15) is 0 Å². The molecule has 0 aliphatic heterocycles. The normalized spacial score (nSPS) is 13.6. The van der Waals surface area contributed by atoms with E-state index in [1.165, 1.54) is 29.3 Å². The molecule has 1 N–H and O–H groups in total. The molecule has 6 nitrogen and oxygen atoms in total. The van der Waals surface area contributed by atoms with Crippen LogP contribution in [0.5, 0.6) is 0 Å². The highest BCUT2D eigenvalue weighted by molar-refractivity contribution is 7.92. The average molecular weight is 464 g/mol. The van der Waals surface area contributed by atoms with Gasteiger partial charge in [-0.1, -0.05) is 54.6 Å². The van der Waals surface area contributed by atoms with Crippen LogP contribution in [0.25, 0.3) is 0 Å². The first kappa shape index (κ1) is 23.0. The molecule has 0 saturated heterocycles. The van der Waals surface area contributed by atoms with Crippen molar-refractivity contribution in [1.29, 1.82) is 0 Å². The Bertz CT molecular complexity index is 1180. The third-order valence-electron chi connectivity index (χ3n) is 5.82. The van der Waals surface area contributed by atoms with Crippen LogP contribution < -0.4 is 9.62 Å². The van der Waals surface area contributed by atoms with Crippen LogP contribution in [0.2, 0.25) is 0 Å². The van der Waals surface area contributed by atoms with E-state index in [1.807, 2.05) is 48.5 Å². The van der Waals surface area contributed by atoms with Gasteiger partial charge in [-0.25, -0.2) is 8.42 Å². The Morgan fingerprint density at radius 2 is 1.61 bits per heavy atom. The van der Waals surface area contributed by atoms with Gasteiger partial charge in [-0.3, -0.25) is 9.10 Å². The Morgan fingerprint density at radius 1 is 0.939 bits per heavy atom. The molecule has 0 atom stereocenters. The van der Waals surface area contributed by atoms with E-state index in [0.29, 0.717) is 23.8 Å². The van der Waals surface area contributed by atoms with E-state index in [0.717, 1.165) is 12.1 Å². The Balaban J connectivity index is 1.55. The Hall–Kier alpha value is -3.16. The molecule has 0 radical (unpaired) electrons. The summed E-state index contributed by atoms with van der Waals surface area (Å²) in [6.45, 7) is 1.48. The van der Waals surface area contributed by atoms with Gasteiger partial charge in [-0.15, -0.1) is 0 Å². The first-order chi connectivity index (χ1) is 15.9. The zero-order chi connectivity index (χ0) is 23.3. The van der Waals surface area contributed by atoms with E-state index in [2.05, 4.69) is 17.3 Å². The summed E-state index contributed by atoms with van der Waals surface area (Å²) in [4.78, 5) is 15.0. The molecule has 0 bridgehead atoms. The van der Waals surface area contributed by atoms with Crippen LogP contribution >= 0.6 is 0 Å². The molecule has 1 aliphatic rings. The number of benzene rings is 3. The number of carbonyl (C=O) groups excluding carboxylic acids is 1. The first-order valence-corrected chi connectivity index (χ1v) is 12.6. The number of amides is 1. The van der Waals surface area contributed by atoms with E-state index < -0.39 is 10.0 Å². The van der Waals surface area contributed by atoms with Crippen molar-refractivity contribution in [2.24, 2.45) is 0 Å². The summed E-state index contributed by atoms with van der Waals surface area (Å²) < 4.78 is 28.7. The van der Waals surface area contributed by atoms with Gasteiger partial charge in [0.15, 0.2) is 0 Å². The molecule has 1 saturated carbocycles. The summed E-state index contributed by atoms with van der Waals surface area (Å²) in [6, 6.07) is 25.4. The van der Waals surface area contributed by atoms with Crippen LogP contribution in [0.15, 0.2) is 89.8 Å². The standard InChI is InChI=1S/C26H29N3O3S/c1-28(23-15-16-23)18-17-27-26(30)22-11-8-14-25(19-22)33(31,32)29(24-12-6-3-7-13-24)20-21-9-4-2-5-10-21/h2-14,19,23H,15-18,20H2,1H3,(H,27,30). The summed E-state index contributed by atoms with van der Waals surface area (Å²) >= 11 is 0. The van der Waals surface area contributed by atoms with Gasteiger partial charge in [0, 0.05) is 24.7 Å². The summed E-state index contributed by atoms with van der Waals surface area (Å²) in [5.74, 6) is -0.273. The molecule has 3 aromatic rings. The van der Waals surface area contributed by atoms with Crippen LogP contribution in [0.3, 0.4) is 0 Å². The van der Waals surface area contributed by atoms with Crippen molar-refractivity contribution in [3.8, 4) is 0 Å². The molecule has 0 unspecified atom stereocenters. The van der Waals surface area contributed by atoms with Crippen molar-refractivity contribution in [3.05, 3.63) is 96.1 Å². The smallest absolute Gasteiger partial charge is 0.264 e. The summed E-state index contributed by atoms with van der Waals surface area (Å²) in [7, 11) is -1.84. The van der Waals surface area contributed by atoms with Crippen LogP contribution in [-0.4, -0.2) is 45.4 Å². The average Bonchev–Trinajstić information content (AvgIpc) is 3.69. The molecule has 0 heterocycles. The van der Waals surface area contributed by atoms with Gasteiger partial charge < -0.3 is 10.2 Å². The SMILES string of the molecule is CN(CCNC(=O)c1cccc(S(=O)(=O)N(Cc2ccccc2)c2ccccc2)c1)C1CC1. The molecule has 1 amide bonds. The van der Waals surface area contributed by atoms with Gasteiger partial charge in [-0.05, 0) is 55.8 Å². The predicted molar refractivity (Wildman–Crippen MR) is 131 cm³/mol. The van der Waals surface area contributed by atoms with Gasteiger partial charge in [0.25, 0.3) is 15.9 Å². The van der Waals surface area contributed by atoms with Crippen molar-refractivity contribution >= 4 is 21.6 Å². The largest absolute Gasteiger partial charge is 0.351 e. The third kappa shape index (κ3) is 5.80. The maximum atomic E-state index is 13.7. The zero-order valence-electron chi connectivity index (χ0n) is 18.7. The summed E-state index contributed by atoms with van der Waals surface area (Å²) in [6.07, 6.45) is 2.43. The van der Waals surface area contributed by atoms with Crippen LogP contribution in [0.4, 0.5) is 5.69 Å². The number of carbonyl (C=O) groups is 1. The molecular formula is C26H29N3O3S. The Morgan fingerprint density at radius 3 is 2.27 bits per heavy atom. The highest BCUT2D eigenvalue weighted by Gasteiger charge is 2.27. The summed E-state index contributed by atoms with van der Waals surface area (Å²) in [5, 5.41) is 2.90. The number of hydrogen-bond donors (Lipinski definition) is 1. The minimum atomic E-state index is -3.90. The number of anilines is 1. The molecule has 3 aromatic carbocycles. The molecule has 0 aromatic heterocycles. The monoisotopic (exact) mass is 463 g/mol. The minimum Gasteiger partial charge on any atom is -0.351 e. The van der Waals surface area contributed by atoms with E-state index in [1.54, 1.807) is 24.3 Å². The van der Waals surface area contributed by atoms with Gasteiger partial charge in [0.2, 0.25) is 0 Å². The van der Waals surface area contributed by atoms with E-state index in [9.17, 15) is 13.2 Å². The number of hydrogen-bond acceptors (Lipinski definition) is 4. The molecule has 33 heavy (non-hydrogen) atoms. The van der Waals surface area contributed by atoms with Crippen molar-refractivity contribution < 1.29 is 13.2 Å². The highest BCUT2D eigenvalue weighted by atomic mass is 32.2. The molecule has 172 valence electrons. The lowest BCUT2D eigenvalue weighted by Gasteiger charge is -2.25. The third-order valence-corrected chi connectivity index (χ3v) is 7.59. The second-order valence-electron chi connectivity index (χ2n) is 8.33. The van der Waals surface area contributed by atoms with Crippen molar-refractivity contribution in [2.75, 3.05) is 24.4 Å². The lowest BCUT2D eigenvalue weighted by molar-refractivity contribution is 0.0949. The van der Waals surface area contributed by atoms with Gasteiger partial charge >= 0.3 is 0 Å².